The number of pyridine rings is 1. The number of hydrogen-bond acceptors (Lipinski definition) is 3. The molecule has 0 fully saturated rings. The Labute approximate surface area is 105 Å². The van der Waals surface area contributed by atoms with E-state index >= 15 is 0 Å². The van der Waals surface area contributed by atoms with Crippen molar-refractivity contribution in [1.29, 1.82) is 0 Å². The predicted octanol–water partition coefficient (Wildman–Crippen LogP) is 3.45. The van der Waals surface area contributed by atoms with Gasteiger partial charge in [0.2, 0.25) is 0 Å². The molecular formula is C11H8BrF2N3. The highest BCUT2D eigenvalue weighted by Gasteiger charge is 2.10. The van der Waals surface area contributed by atoms with Gasteiger partial charge in [-0.15, -0.1) is 0 Å². The molecule has 0 amide bonds. The van der Waals surface area contributed by atoms with Crippen LogP contribution in [0, 0.1) is 11.6 Å². The van der Waals surface area contributed by atoms with E-state index < -0.39 is 11.6 Å². The number of nitrogen functional groups attached to an aromatic ring is 1. The molecule has 0 bridgehead atoms. The molecule has 1 aromatic heterocycles. The Morgan fingerprint density at radius 3 is 2.35 bits per heavy atom. The highest BCUT2D eigenvalue weighted by atomic mass is 79.9. The first-order chi connectivity index (χ1) is 8.06. The van der Waals surface area contributed by atoms with Gasteiger partial charge in [0.05, 0.1) is 11.9 Å². The van der Waals surface area contributed by atoms with Crippen molar-refractivity contribution in [2.24, 2.45) is 0 Å². The summed E-state index contributed by atoms with van der Waals surface area (Å²) < 4.78 is 27.7. The summed E-state index contributed by atoms with van der Waals surface area (Å²) in [5.74, 6) is -1.50. The average molecular weight is 300 g/mol. The van der Waals surface area contributed by atoms with Crippen LogP contribution >= 0.6 is 15.9 Å². The number of rotatable bonds is 2. The van der Waals surface area contributed by atoms with Gasteiger partial charge in [-0.2, -0.15) is 0 Å². The summed E-state index contributed by atoms with van der Waals surface area (Å²) in [5.41, 5.74) is 5.58. The molecule has 0 aliphatic heterocycles. The largest absolute Gasteiger partial charge is 0.399 e. The third kappa shape index (κ3) is 2.71. The molecule has 6 heteroatoms. The molecular weight excluding hydrogens is 292 g/mol. The SMILES string of the molecule is Nc1cc(F)c(Nc2cncc(Br)c2)c(F)c1. The van der Waals surface area contributed by atoms with Crippen molar-refractivity contribution in [3.8, 4) is 0 Å². The molecule has 2 rings (SSSR count). The molecule has 0 unspecified atom stereocenters. The van der Waals surface area contributed by atoms with Gasteiger partial charge in [-0.25, -0.2) is 8.78 Å². The standard InChI is InChI=1S/C11H8BrF2N3/c12-6-1-8(5-16-4-6)17-11-9(13)2-7(15)3-10(11)14/h1-5,17H,15H2. The quantitative estimate of drug-likeness (QED) is 0.835. The van der Waals surface area contributed by atoms with Crippen molar-refractivity contribution in [3.63, 3.8) is 0 Å². The van der Waals surface area contributed by atoms with Gasteiger partial charge >= 0.3 is 0 Å². The van der Waals surface area contributed by atoms with E-state index in [2.05, 4.69) is 26.2 Å². The summed E-state index contributed by atoms with van der Waals surface area (Å²) in [6.45, 7) is 0. The molecule has 0 spiro atoms. The van der Waals surface area contributed by atoms with Crippen LogP contribution in [0.3, 0.4) is 0 Å². The zero-order valence-corrected chi connectivity index (χ0v) is 10.1. The van der Waals surface area contributed by atoms with Crippen molar-refractivity contribution in [2.45, 2.75) is 0 Å². The first kappa shape index (κ1) is 11.8. The van der Waals surface area contributed by atoms with Gasteiger partial charge in [-0.1, -0.05) is 0 Å². The summed E-state index contributed by atoms with van der Waals surface area (Å²) in [6, 6.07) is 3.76. The summed E-state index contributed by atoms with van der Waals surface area (Å²) >= 11 is 3.21. The summed E-state index contributed by atoms with van der Waals surface area (Å²) in [7, 11) is 0. The fourth-order valence-electron chi connectivity index (χ4n) is 1.34. The van der Waals surface area contributed by atoms with E-state index in [1.54, 1.807) is 12.3 Å². The Hall–Kier alpha value is -1.69. The molecule has 2 aromatic rings. The number of nitrogens with one attached hydrogen (secondary N) is 1. The molecule has 1 aromatic carbocycles. The van der Waals surface area contributed by atoms with Gasteiger partial charge < -0.3 is 11.1 Å². The molecule has 0 atom stereocenters. The molecule has 0 saturated heterocycles. The minimum atomic E-state index is -0.748. The highest BCUT2D eigenvalue weighted by molar-refractivity contribution is 9.10. The Morgan fingerprint density at radius 2 is 1.76 bits per heavy atom. The molecule has 88 valence electrons. The Balaban J connectivity index is 2.36. The second-order valence-electron chi connectivity index (χ2n) is 3.38. The molecule has 3 nitrogen and oxygen atoms in total. The first-order valence-corrected chi connectivity index (χ1v) is 5.47. The van der Waals surface area contributed by atoms with Crippen LogP contribution in [0.4, 0.5) is 25.8 Å². The second-order valence-corrected chi connectivity index (χ2v) is 4.29. The maximum atomic E-state index is 13.5. The third-order valence-electron chi connectivity index (χ3n) is 2.04. The second kappa shape index (κ2) is 4.67. The third-order valence-corrected chi connectivity index (χ3v) is 2.47. The van der Waals surface area contributed by atoms with Crippen LogP contribution in [0.2, 0.25) is 0 Å². The molecule has 0 saturated carbocycles. The van der Waals surface area contributed by atoms with E-state index in [9.17, 15) is 8.78 Å². The fourth-order valence-corrected chi connectivity index (χ4v) is 1.70. The first-order valence-electron chi connectivity index (χ1n) is 4.68. The Morgan fingerprint density at radius 1 is 1.12 bits per heavy atom. The Bertz CT molecular complexity index is 537. The number of halogens is 3. The van der Waals surface area contributed by atoms with E-state index in [4.69, 9.17) is 5.73 Å². The van der Waals surface area contributed by atoms with Crippen LogP contribution in [-0.2, 0) is 0 Å². The topological polar surface area (TPSA) is 50.9 Å². The normalized spacial score (nSPS) is 10.3. The van der Waals surface area contributed by atoms with Crippen molar-refractivity contribution < 1.29 is 8.78 Å². The maximum absolute atomic E-state index is 13.5. The molecule has 3 N–H and O–H groups in total. The van der Waals surface area contributed by atoms with E-state index in [1.807, 2.05) is 0 Å². The van der Waals surface area contributed by atoms with Crippen LogP contribution in [0.5, 0.6) is 0 Å². The van der Waals surface area contributed by atoms with Crippen molar-refractivity contribution in [2.75, 3.05) is 11.1 Å². The van der Waals surface area contributed by atoms with Gasteiger partial charge in [0.25, 0.3) is 0 Å². The molecule has 0 aliphatic carbocycles. The molecule has 1 heterocycles. The summed E-state index contributed by atoms with van der Waals surface area (Å²) in [5, 5.41) is 2.61. The van der Waals surface area contributed by atoms with Crippen LogP contribution in [0.25, 0.3) is 0 Å². The minimum absolute atomic E-state index is 0.0397. The van der Waals surface area contributed by atoms with E-state index in [-0.39, 0.29) is 11.4 Å². The van der Waals surface area contributed by atoms with Crippen LogP contribution < -0.4 is 11.1 Å². The van der Waals surface area contributed by atoms with Gasteiger partial charge in [-0.3, -0.25) is 4.98 Å². The Kier molecular flexibility index (Phi) is 3.23. The van der Waals surface area contributed by atoms with Gasteiger partial charge in [0.1, 0.15) is 5.69 Å². The fraction of sp³-hybridized carbons (Fsp3) is 0. The van der Waals surface area contributed by atoms with Crippen LogP contribution in [-0.4, -0.2) is 4.98 Å². The van der Waals surface area contributed by atoms with Crippen molar-refractivity contribution >= 4 is 33.0 Å². The summed E-state index contributed by atoms with van der Waals surface area (Å²) in [4.78, 5) is 3.88. The number of benzene rings is 1. The van der Waals surface area contributed by atoms with E-state index in [1.165, 1.54) is 6.20 Å². The number of anilines is 3. The summed E-state index contributed by atoms with van der Waals surface area (Å²) in [6.07, 6.45) is 3.03. The number of nitrogens with zero attached hydrogens (tertiary/aromatic N) is 1. The van der Waals surface area contributed by atoms with Crippen LogP contribution in [0.15, 0.2) is 35.1 Å². The van der Waals surface area contributed by atoms with Gasteiger partial charge in [-0.05, 0) is 34.1 Å². The number of hydrogen-bond donors (Lipinski definition) is 2. The maximum Gasteiger partial charge on any atom is 0.151 e. The smallest absolute Gasteiger partial charge is 0.151 e. The van der Waals surface area contributed by atoms with Crippen molar-refractivity contribution in [1.82, 2.24) is 4.98 Å². The lowest BCUT2D eigenvalue weighted by molar-refractivity contribution is 0.592. The zero-order chi connectivity index (χ0) is 12.4. The molecule has 17 heavy (non-hydrogen) atoms. The average Bonchev–Trinajstić information content (AvgIpc) is 2.23. The van der Waals surface area contributed by atoms with Gasteiger partial charge in [0, 0.05) is 16.4 Å². The number of aromatic nitrogens is 1. The van der Waals surface area contributed by atoms with Crippen molar-refractivity contribution in [3.05, 3.63) is 46.7 Å². The van der Waals surface area contributed by atoms with Crippen LogP contribution in [0.1, 0.15) is 0 Å². The molecule has 0 aliphatic rings. The zero-order valence-electron chi connectivity index (χ0n) is 8.55. The van der Waals surface area contributed by atoms with Gasteiger partial charge in [0.15, 0.2) is 11.6 Å². The predicted molar refractivity (Wildman–Crippen MR) is 66.0 cm³/mol. The number of nitrogens with two attached hydrogens (primary N) is 1. The monoisotopic (exact) mass is 299 g/mol. The lowest BCUT2D eigenvalue weighted by Gasteiger charge is -2.09. The lowest BCUT2D eigenvalue weighted by atomic mass is 10.2. The van der Waals surface area contributed by atoms with E-state index in [0.29, 0.717) is 10.2 Å². The molecule has 0 radical (unpaired) electrons. The van der Waals surface area contributed by atoms with E-state index in [0.717, 1.165) is 12.1 Å². The minimum Gasteiger partial charge on any atom is -0.399 e. The highest BCUT2D eigenvalue weighted by Crippen LogP contribution is 2.26. The lowest BCUT2D eigenvalue weighted by Crippen LogP contribution is -1.99.